The smallest absolute Gasteiger partial charge is 0.141 e. The Morgan fingerprint density at radius 2 is 0.815 bits per heavy atom. The minimum absolute atomic E-state index is 0.109. The second-order valence-corrected chi connectivity index (χ2v) is 8.94. The molecule has 0 amide bonds. The molecule has 0 aromatic carbocycles. The summed E-state index contributed by atoms with van der Waals surface area (Å²) < 4.78 is 17.4. The minimum atomic E-state index is -0.604. The maximum Gasteiger partial charge on any atom is 0.494 e. The van der Waals surface area contributed by atoms with E-state index in [9.17, 15) is 4.57 Å². The van der Waals surface area contributed by atoms with Crippen molar-refractivity contribution in [1.29, 1.82) is 0 Å². The van der Waals surface area contributed by atoms with Crippen LogP contribution in [-0.4, -0.2) is 5.60 Å². The summed E-state index contributed by atoms with van der Waals surface area (Å²) in [6, 6.07) is 0. The summed E-state index contributed by atoms with van der Waals surface area (Å²) >= 11 is 0. The highest BCUT2D eigenvalue weighted by Crippen LogP contribution is 2.35. The van der Waals surface area contributed by atoms with Gasteiger partial charge in [0.15, 0.2) is 0 Å². The maximum atomic E-state index is 11.4. The van der Waals surface area contributed by atoms with Gasteiger partial charge in [0.25, 0.3) is 0 Å². The Morgan fingerprint density at radius 3 is 1.11 bits per heavy atom. The van der Waals surface area contributed by atoms with Crippen LogP contribution in [0.1, 0.15) is 149 Å². The molecule has 0 aromatic heterocycles. The average Bonchev–Trinajstić information content (AvgIpc) is 2.67. The molecular weight excluding hydrogens is 351 g/mol. The fourth-order valence-corrected chi connectivity index (χ4v) is 4.61. The monoisotopic (exact) mass is 401 g/mol. The summed E-state index contributed by atoms with van der Waals surface area (Å²) in [4.78, 5) is 0. The highest BCUT2D eigenvalue weighted by Gasteiger charge is 2.34. The van der Waals surface area contributed by atoms with Crippen molar-refractivity contribution in [2.75, 3.05) is 0 Å². The molecule has 2 nitrogen and oxygen atoms in total. The Morgan fingerprint density at radius 1 is 0.519 bits per heavy atom. The molecule has 0 N–H and O–H groups in total. The third kappa shape index (κ3) is 16.7. The van der Waals surface area contributed by atoms with Crippen molar-refractivity contribution in [3.8, 4) is 0 Å². The van der Waals surface area contributed by atoms with E-state index in [2.05, 4.69) is 20.8 Å². The molecule has 1 atom stereocenters. The molecule has 162 valence electrons. The summed E-state index contributed by atoms with van der Waals surface area (Å²) in [6.07, 6.45) is 25.6. The molecule has 0 aromatic rings. The minimum Gasteiger partial charge on any atom is -0.141 e. The van der Waals surface area contributed by atoms with Gasteiger partial charge in [0, 0.05) is 0 Å². The van der Waals surface area contributed by atoms with Gasteiger partial charge in [-0.1, -0.05) is 130 Å². The summed E-state index contributed by atoms with van der Waals surface area (Å²) in [5.74, 6) is 0. The van der Waals surface area contributed by atoms with Gasteiger partial charge in [-0.05, 0) is 23.8 Å². The molecular formula is C24H50O2P+. The van der Waals surface area contributed by atoms with Crippen molar-refractivity contribution < 1.29 is 9.09 Å². The molecule has 0 saturated heterocycles. The van der Waals surface area contributed by atoms with E-state index in [1.54, 1.807) is 0 Å². The van der Waals surface area contributed by atoms with Crippen LogP contribution in [0, 0.1) is 0 Å². The van der Waals surface area contributed by atoms with E-state index < -0.39 is 8.69 Å². The van der Waals surface area contributed by atoms with E-state index in [-0.39, 0.29) is 5.60 Å². The lowest BCUT2D eigenvalue weighted by atomic mass is 9.85. The number of rotatable bonds is 22. The number of hydrogen-bond donors (Lipinski definition) is 0. The first-order valence-electron chi connectivity index (χ1n) is 12.3. The zero-order chi connectivity index (χ0) is 20.1. The van der Waals surface area contributed by atoms with Gasteiger partial charge in [0.2, 0.25) is 0 Å². The van der Waals surface area contributed by atoms with Gasteiger partial charge in [-0.3, -0.25) is 0 Å². The van der Waals surface area contributed by atoms with E-state index in [0.717, 1.165) is 19.3 Å². The van der Waals surface area contributed by atoms with Gasteiger partial charge in [-0.2, -0.15) is 0 Å². The second-order valence-electron chi connectivity index (χ2n) is 8.57. The summed E-state index contributed by atoms with van der Waals surface area (Å²) in [6.45, 7) is 6.81. The molecule has 0 radical (unpaired) electrons. The predicted octanol–water partition coefficient (Wildman–Crippen LogP) is 9.54. The van der Waals surface area contributed by atoms with Crippen LogP contribution >= 0.6 is 8.69 Å². The first kappa shape index (κ1) is 27.1. The predicted molar refractivity (Wildman–Crippen MR) is 122 cm³/mol. The zero-order valence-corrected chi connectivity index (χ0v) is 20.0. The van der Waals surface area contributed by atoms with E-state index >= 15 is 0 Å². The van der Waals surface area contributed by atoms with E-state index in [1.807, 2.05) is 0 Å². The third-order valence-electron chi connectivity index (χ3n) is 5.97. The van der Waals surface area contributed by atoms with Crippen LogP contribution in [0.2, 0.25) is 0 Å². The summed E-state index contributed by atoms with van der Waals surface area (Å²) in [7, 11) is -0.604. The van der Waals surface area contributed by atoms with Crippen molar-refractivity contribution in [2.24, 2.45) is 0 Å². The largest absolute Gasteiger partial charge is 0.494 e. The van der Waals surface area contributed by atoms with Crippen molar-refractivity contribution in [2.45, 2.75) is 155 Å². The lowest BCUT2D eigenvalue weighted by molar-refractivity contribution is 0.0466. The molecule has 0 aliphatic heterocycles. The Bertz CT molecular complexity index is 291. The van der Waals surface area contributed by atoms with Crippen LogP contribution in [0.15, 0.2) is 0 Å². The van der Waals surface area contributed by atoms with E-state index in [4.69, 9.17) is 4.52 Å². The SMILES string of the molecule is CCCCCCCCC(CCCCCCC)(CCCCCCCC)O[PH+]=O. The normalized spacial score (nSPS) is 12.1. The first-order chi connectivity index (χ1) is 13.2. The Labute approximate surface area is 172 Å². The quantitative estimate of drug-likeness (QED) is 0.133. The Balaban J connectivity index is 4.41. The van der Waals surface area contributed by atoms with Gasteiger partial charge in [0.05, 0.1) is 0 Å². The van der Waals surface area contributed by atoms with Crippen molar-refractivity contribution in [3.05, 3.63) is 0 Å². The van der Waals surface area contributed by atoms with Gasteiger partial charge in [0.1, 0.15) is 5.60 Å². The molecule has 0 aliphatic carbocycles. The average molecular weight is 402 g/mol. The second kappa shape index (κ2) is 20.8. The first-order valence-corrected chi connectivity index (χ1v) is 13.1. The lowest BCUT2D eigenvalue weighted by Crippen LogP contribution is -2.30. The van der Waals surface area contributed by atoms with Crippen molar-refractivity contribution in [3.63, 3.8) is 0 Å². The van der Waals surface area contributed by atoms with Crippen LogP contribution in [0.3, 0.4) is 0 Å². The lowest BCUT2D eigenvalue weighted by Gasteiger charge is -2.28. The topological polar surface area (TPSA) is 26.3 Å². The Kier molecular flexibility index (Phi) is 20.8. The summed E-state index contributed by atoms with van der Waals surface area (Å²) in [5.41, 5.74) is -0.109. The number of unbranched alkanes of at least 4 members (excludes halogenated alkanes) is 14. The molecule has 0 rings (SSSR count). The van der Waals surface area contributed by atoms with Crippen molar-refractivity contribution >= 4 is 8.69 Å². The molecule has 3 heteroatoms. The molecule has 0 bridgehead atoms. The summed E-state index contributed by atoms with van der Waals surface area (Å²) in [5, 5.41) is 0. The molecule has 27 heavy (non-hydrogen) atoms. The fourth-order valence-electron chi connectivity index (χ4n) is 4.12. The molecule has 1 unspecified atom stereocenters. The van der Waals surface area contributed by atoms with Gasteiger partial charge in [-0.15, -0.1) is 4.52 Å². The van der Waals surface area contributed by atoms with Gasteiger partial charge >= 0.3 is 8.69 Å². The van der Waals surface area contributed by atoms with Crippen LogP contribution in [0.25, 0.3) is 0 Å². The van der Waals surface area contributed by atoms with Crippen molar-refractivity contribution in [1.82, 2.24) is 0 Å². The molecule has 0 fully saturated rings. The van der Waals surface area contributed by atoms with E-state index in [1.165, 1.54) is 109 Å². The molecule has 0 spiro atoms. The molecule has 0 saturated carbocycles. The van der Waals surface area contributed by atoms with Crippen LogP contribution in [-0.2, 0) is 9.09 Å². The number of hydrogen-bond acceptors (Lipinski definition) is 2. The highest BCUT2D eigenvalue weighted by molar-refractivity contribution is 7.17. The van der Waals surface area contributed by atoms with Crippen LogP contribution in [0.4, 0.5) is 0 Å². The zero-order valence-electron chi connectivity index (χ0n) is 19.0. The van der Waals surface area contributed by atoms with E-state index in [0.29, 0.717) is 0 Å². The maximum absolute atomic E-state index is 11.4. The standard InChI is InChI=1S/C24H50O2P/c1-4-7-10-13-16-19-22-24(26-27-25,21-18-15-12-9-6-3)23-20-17-14-11-8-5-2/h27H,4-23H2,1-3H3/q+1. The Hall–Kier alpha value is 0.0600. The fraction of sp³-hybridized carbons (Fsp3) is 1.00. The van der Waals surface area contributed by atoms with Gasteiger partial charge in [-0.25, -0.2) is 0 Å². The highest BCUT2D eigenvalue weighted by atomic mass is 31.1. The molecule has 0 aliphatic rings. The van der Waals surface area contributed by atoms with Crippen LogP contribution in [0.5, 0.6) is 0 Å². The third-order valence-corrected chi connectivity index (χ3v) is 6.48. The van der Waals surface area contributed by atoms with Gasteiger partial charge < -0.3 is 0 Å². The van der Waals surface area contributed by atoms with Crippen LogP contribution < -0.4 is 0 Å². The molecule has 0 heterocycles.